The molecule has 0 heterocycles. The third-order valence-corrected chi connectivity index (χ3v) is 4.46. The summed E-state index contributed by atoms with van der Waals surface area (Å²) in [7, 11) is 9.92. The molecule has 0 atom stereocenters. The van der Waals surface area contributed by atoms with Gasteiger partial charge in [0.1, 0.15) is 0 Å². The summed E-state index contributed by atoms with van der Waals surface area (Å²) < 4.78 is 16.9. The Morgan fingerprint density at radius 3 is 1.25 bits per heavy atom. The first-order chi connectivity index (χ1) is 4.83. The van der Waals surface area contributed by atoms with Crippen molar-refractivity contribution in [3.63, 3.8) is 0 Å². The van der Waals surface area contributed by atoms with E-state index in [0.717, 1.165) is 0 Å². The van der Waals surface area contributed by atoms with E-state index < -0.39 is 7.59 Å². The van der Waals surface area contributed by atoms with Gasteiger partial charge in [-0.05, 0) is 35.2 Å². The van der Waals surface area contributed by atoms with Crippen molar-refractivity contribution < 1.29 is 23.4 Å². The number of hydrogen-bond donors (Lipinski definition) is 0. The number of hydrogen-bond acceptors (Lipinski definition) is 1. The van der Waals surface area contributed by atoms with Gasteiger partial charge < -0.3 is 4.67 Å². The molecule has 0 bridgehead atoms. The van der Waals surface area contributed by atoms with Gasteiger partial charge in [-0.25, -0.2) is 9.34 Å². The maximum absolute atomic E-state index is 12.0. The van der Waals surface area contributed by atoms with Gasteiger partial charge in [0.15, 0.2) is 0 Å². The summed E-state index contributed by atoms with van der Waals surface area (Å²) in [6.07, 6.45) is 0. The Kier molecular flexibility index (Phi) is 6.89. The van der Waals surface area contributed by atoms with Gasteiger partial charge in [0, 0.05) is 0 Å². The van der Waals surface area contributed by atoms with Gasteiger partial charge in [-0.2, -0.15) is 0 Å². The van der Waals surface area contributed by atoms with Gasteiger partial charge in [0.25, 0.3) is 7.59 Å². The van der Waals surface area contributed by atoms with Crippen LogP contribution in [0.1, 0.15) is 0 Å². The third kappa shape index (κ3) is 2.88. The summed E-state index contributed by atoms with van der Waals surface area (Å²) in [6, 6.07) is 0. The number of nitrogens with zero attached hydrogens (tertiary/aromatic N) is 3. The summed E-state index contributed by atoms with van der Waals surface area (Å²) in [5.74, 6) is 0. The molecule has 4 nitrogen and oxygen atoms in total. The molecule has 0 saturated heterocycles. The maximum Gasteiger partial charge on any atom is 1.00 e. The summed E-state index contributed by atoms with van der Waals surface area (Å²) in [5.41, 5.74) is 0. The minimum atomic E-state index is -2.55. The fourth-order valence-corrected chi connectivity index (χ4v) is 2.91. The minimum Gasteiger partial charge on any atom is -0.386 e. The second kappa shape index (κ2) is 5.44. The predicted molar refractivity (Wildman–Crippen MR) is 48.1 cm³/mol. The number of rotatable bonds is 3. The monoisotopic (exact) mass is 185 g/mol. The van der Waals surface area contributed by atoms with Crippen molar-refractivity contribution in [3.8, 4) is 0 Å². The Morgan fingerprint density at radius 1 is 1.00 bits per heavy atom. The molecule has 0 unspecified atom stereocenters. The summed E-state index contributed by atoms with van der Waals surface area (Å²) in [6.45, 7) is 0. The molecule has 0 aliphatic heterocycles. The van der Waals surface area contributed by atoms with Crippen molar-refractivity contribution in [1.29, 1.82) is 0 Å². The summed E-state index contributed by atoms with van der Waals surface area (Å²) in [5, 5.41) is 0. The standard InChI is InChI=1S/C6H17N3OP.Li/c1-7(2)11(10,8(3)4)9(5)6;/h1H2,2-6H3;/q-1;+1. The van der Waals surface area contributed by atoms with Crippen LogP contribution in [-0.4, -0.2) is 49.2 Å². The maximum atomic E-state index is 12.0. The third-order valence-electron chi connectivity index (χ3n) is 1.49. The van der Waals surface area contributed by atoms with E-state index >= 15 is 0 Å². The van der Waals surface area contributed by atoms with Crippen molar-refractivity contribution in [2.45, 2.75) is 0 Å². The van der Waals surface area contributed by atoms with Crippen molar-refractivity contribution in [2.75, 3.05) is 35.2 Å². The van der Waals surface area contributed by atoms with Gasteiger partial charge in [-0.3, -0.25) is 11.6 Å². The Labute approximate surface area is 87.6 Å². The van der Waals surface area contributed by atoms with Crippen LogP contribution in [0.2, 0.25) is 0 Å². The van der Waals surface area contributed by atoms with Crippen molar-refractivity contribution >= 4 is 7.59 Å². The van der Waals surface area contributed by atoms with Crippen LogP contribution < -0.4 is 18.9 Å². The first-order valence-corrected chi connectivity index (χ1v) is 4.90. The zero-order valence-electron chi connectivity index (χ0n) is 8.90. The normalized spacial score (nSPS) is 12.4. The van der Waals surface area contributed by atoms with Crippen molar-refractivity contribution in [3.05, 3.63) is 7.05 Å². The van der Waals surface area contributed by atoms with Crippen LogP contribution >= 0.6 is 7.59 Å². The minimum absolute atomic E-state index is 0. The summed E-state index contributed by atoms with van der Waals surface area (Å²) >= 11 is 0. The molecule has 0 radical (unpaired) electrons. The van der Waals surface area contributed by atoms with Crippen LogP contribution in [-0.2, 0) is 4.57 Å². The SMILES string of the molecule is [CH2-]N(C)P(=O)(N(C)C)N(C)C.[Li+]. The quantitative estimate of drug-likeness (QED) is 0.287. The van der Waals surface area contributed by atoms with E-state index in [2.05, 4.69) is 7.05 Å². The predicted octanol–water partition coefficient (Wildman–Crippen LogP) is -2.05. The molecule has 0 aliphatic rings. The molecule has 0 N–H and O–H groups in total. The molecule has 0 saturated carbocycles. The van der Waals surface area contributed by atoms with Gasteiger partial charge in [0.05, 0.1) is 0 Å². The molecule has 0 rings (SSSR count). The molecule has 0 aliphatic carbocycles. The van der Waals surface area contributed by atoms with Crippen LogP contribution in [0.5, 0.6) is 0 Å². The molecule has 12 heavy (non-hydrogen) atoms. The average Bonchev–Trinajstić information content (AvgIpc) is 1.84. The summed E-state index contributed by atoms with van der Waals surface area (Å²) in [4.78, 5) is 0. The average molecular weight is 185 g/mol. The zero-order valence-corrected chi connectivity index (χ0v) is 9.80. The van der Waals surface area contributed by atoms with Crippen molar-refractivity contribution in [1.82, 2.24) is 14.0 Å². The van der Waals surface area contributed by atoms with E-state index in [-0.39, 0.29) is 18.9 Å². The molecule has 0 spiro atoms. The Balaban J connectivity index is 0. The van der Waals surface area contributed by atoms with Crippen LogP contribution in [0.25, 0.3) is 0 Å². The first-order valence-electron chi connectivity index (χ1n) is 3.33. The molecular weight excluding hydrogens is 168 g/mol. The second-order valence-corrected chi connectivity index (χ2v) is 6.17. The molecule has 0 aromatic carbocycles. The van der Waals surface area contributed by atoms with E-state index in [9.17, 15) is 4.57 Å². The van der Waals surface area contributed by atoms with Crippen LogP contribution in [0.3, 0.4) is 0 Å². The smallest absolute Gasteiger partial charge is 0.386 e. The topological polar surface area (TPSA) is 26.8 Å². The Morgan fingerprint density at radius 2 is 1.25 bits per heavy atom. The Bertz CT molecular complexity index is 144. The van der Waals surface area contributed by atoms with Gasteiger partial charge >= 0.3 is 18.9 Å². The first kappa shape index (κ1) is 15.2. The van der Waals surface area contributed by atoms with E-state index in [4.69, 9.17) is 0 Å². The van der Waals surface area contributed by atoms with Crippen LogP contribution in [0.4, 0.5) is 0 Å². The molecule has 0 amide bonds. The molecule has 0 fully saturated rings. The molecule has 0 aromatic rings. The van der Waals surface area contributed by atoms with E-state index in [1.165, 1.54) is 4.67 Å². The van der Waals surface area contributed by atoms with Gasteiger partial charge in [-0.1, -0.05) is 0 Å². The largest absolute Gasteiger partial charge is 1.00 e. The van der Waals surface area contributed by atoms with Crippen LogP contribution in [0, 0.1) is 7.05 Å². The van der Waals surface area contributed by atoms with E-state index in [0.29, 0.717) is 0 Å². The molecular formula is C6H17LiN3OP. The second-order valence-electron chi connectivity index (χ2n) is 2.87. The van der Waals surface area contributed by atoms with Gasteiger partial charge in [0.2, 0.25) is 0 Å². The molecule has 6 heteroatoms. The zero-order chi connectivity index (χ0) is 9.23. The molecule has 68 valence electrons. The van der Waals surface area contributed by atoms with E-state index in [1.54, 1.807) is 44.6 Å². The van der Waals surface area contributed by atoms with Crippen molar-refractivity contribution in [2.24, 2.45) is 0 Å². The fourth-order valence-electron chi connectivity index (χ4n) is 0.969. The van der Waals surface area contributed by atoms with E-state index in [1.807, 2.05) is 0 Å². The van der Waals surface area contributed by atoms with Crippen LogP contribution in [0.15, 0.2) is 0 Å². The molecule has 0 aromatic heterocycles. The Hall–Kier alpha value is 0.707. The van der Waals surface area contributed by atoms with Gasteiger partial charge in [-0.15, -0.1) is 0 Å². The fraction of sp³-hybridized carbons (Fsp3) is 0.833.